The van der Waals surface area contributed by atoms with Gasteiger partial charge in [0, 0.05) is 31.7 Å². The molecule has 0 saturated heterocycles. The predicted octanol–water partition coefficient (Wildman–Crippen LogP) is 2.06. The highest BCUT2D eigenvalue weighted by atomic mass is 127. The summed E-state index contributed by atoms with van der Waals surface area (Å²) >= 11 is 5.80. The third-order valence-electron chi connectivity index (χ3n) is 2.72. The Kier molecular flexibility index (Phi) is 10.8. The molecule has 1 rings (SSSR count). The van der Waals surface area contributed by atoms with E-state index in [1.54, 1.807) is 19.2 Å². The van der Waals surface area contributed by atoms with E-state index >= 15 is 0 Å². The average Bonchev–Trinajstić information content (AvgIpc) is 2.46. The maximum Gasteiger partial charge on any atom is 0.240 e. The molecule has 0 aliphatic rings. The molecule has 0 atom stereocenters. The first-order chi connectivity index (χ1) is 10.3. The third-order valence-corrected chi connectivity index (χ3v) is 4.41. The number of benzene rings is 1. The zero-order valence-electron chi connectivity index (χ0n) is 13.5. The van der Waals surface area contributed by atoms with E-state index in [0.717, 1.165) is 6.54 Å². The van der Waals surface area contributed by atoms with Gasteiger partial charge in [-0.05, 0) is 24.1 Å². The lowest BCUT2D eigenvalue weighted by Crippen LogP contribution is -2.42. The van der Waals surface area contributed by atoms with E-state index in [0.29, 0.717) is 23.4 Å². The van der Waals surface area contributed by atoms with E-state index in [1.807, 2.05) is 0 Å². The molecule has 132 valence electrons. The van der Waals surface area contributed by atoms with Gasteiger partial charge in [-0.1, -0.05) is 31.5 Å². The quantitative estimate of drug-likeness (QED) is 0.244. The highest BCUT2D eigenvalue weighted by Gasteiger charge is 2.13. The van der Waals surface area contributed by atoms with Gasteiger partial charge < -0.3 is 10.6 Å². The molecule has 0 aromatic heterocycles. The summed E-state index contributed by atoms with van der Waals surface area (Å²) in [4.78, 5) is 4.22. The van der Waals surface area contributed by atoms with E-state index in [2.05, 4.69) is 34.2 Å². The largest absolute Gasteiger partial charge is 0.356 e. The number of aliphatic imine (C=N–C) groups is 1. The molecule has 0 spiro atoms. The summed E-state index contributed by atoms with van der Waals surface area (Å²) < 4.78 is 26.7. The Morgan fingerprint density at radius 2 is 1.96 bits per heavy atom. The van der Waals surface area contributed by atoms with Crippen LogP contribution in [0.3, 0.4) is 0 Å². The van der Waals surface area contributed by atoms with Crippen molar-refractivity contribution >= 4 is 51.6 Å². The Morgan fingerprint density at radius 1 is 1.26 bits per heavy atom. The van der Waals surface area contributed by atoms with Gasteiger partial charge in [-0.15, -0.1) is 24.0 Å². The molecular formula is C14H24ClIN4O2S. The number of sulfonamides is 1. The Balaban J connectivity index is 0.00000484. The van der Waals surface area contributed by atoms with Crippen molar-refractivity contribution in [3.63, 3.8) is 0 Å². The summed E-state index contributed by atoms with van der Waals surface area (Å²) in [6.07, 6.45) is 0. The normalized spacial score (nSPS) is 12.0. The minimum Gasteiger partial charge on any atom is -0.356 e. The molecule has 0 aliphatic heterocycles. The van der Waals surface area contributed by atoms with Gasteiger partial charge in [0.15, 0.2) is 5.96 Å². The fourth-order valence-corrected chi connectivity index (χ4v) is 2.94. The number of nitrogens with one attached hydrogen (secondary N) is 3. The summed E-state index contributed by atoms with van der Waals surface area (Å²) in [6, 6.07) is 6.16. The van der Waals surface area contributed by atoms with Crippen molar-refractivity contribution in [3.05, 3.63) is 29.3 Å². The minimum absolute atomic E-state index is 0. The summed E-state index contributed by atoms with van der Waals surface area (Å²) in [5.74, 6) is 1.15. The summed E-state index contributed by atoms with van der Waals surface area (Å²) in [6.45, 7) is 5.67. The van der Waals surface area contributed by atoms with Crippen LogP contribution >= 0.6 is 35.6 Å². The van der Waals surface area contributed by atoms with Crippen LogP contribution in [-0.4, -0.2) is 41.1 Å². The van der Waals surface area contributed by atoms with Crippen LogP contribution in [-0.2, 0) is 10.0 Å². The van der Waals surface area contributed by atoms with Crippen LogP contribution in [0.25, 0.3) is 0 Å². The molecular weight excluding hydrogens is 451 g/mol. The van der Waals surface area contributed by atoms with Crippen LogP contribution in [0, 0.1) is 5.92 Å². The maximum atomic E-state index is 12.1. The number of nitrogens with zero attached hydrogens (tertiary/aromatic N) is 1. The van der Waals surface area contributed by atoms with Crippen LogP contribution in [0.4, 0.5) is 0 Å². The highest BCUT2D eigenvalue weighted by Crippen LogP contribution is 2.14. The fourth-order valence-electron chi connectivity index (χ4n) is 1.61. The first-order valence-electron chi connectivity index (χ1n) is 7.05. The Bertz CT molecular complexity index is 609. The van der Waals surface area contributed by atoms with Gasteiger partial charge in [0.05, 0.1) is 4.90 Å². The minimum atomic E-state index is -3.55. The first kappa shape index (κ1) is 22.4. The van der Waals surface area contributed by atoms with Gasteiger partial charge in [-0.3, -0.25) is 4.99 Å². The van der Waals surface area contributed by atoms with Crippen LogP contribution in [0.2, 0.25) is 5.02 Å². The van der Waals surface area contributed by atoms with Crippen LogP contribution in [0.15, 0.2) is 34.2 Å². The Morgan fingerprint density at radius 3 is 2.52 bits per heavy atom. The number of guanidine groups is 1. The Hall–Kier alpha value is -0.580. The molecule has 1 aromatic rings. The maximum absolute atomic E-state index is 12.1. The monoisotopic (exact) mass is 474 g/mol. The molecule has 0 heterocycles. The van der Waals surface area contributed by atoms with Crippen molar-refractivity contribution in [1.29, 1.82) is 0 Å². The predicted molar refractivity (Wildman–Crippen MR) is 106 cm³/mol. The average molecular weight is 475 g/mol. The topological polar surface area (TPSA) is 82.6 Å². The van der Waals surface area contributed by atoms with Crippen molar-refractivity contribution in [1.82, 2.24) is 15.4 Å². The lowest BCUT2D eigenvalue weighted by molar-refractivity contribution is 0.579. The van der Waals surface area contributed by atoms with Gasteiger partial charge in [-0.2, -0.15) is 0 Å². The van der Waals surface area contributed by atoms with Crippen molar-refractivity contribution in [2.75, 3.05) is 26.7 Å². The van der Waals surface area contributed by atoms with Crippen molar-refractivity contribution in [2.24, 2.45) is 10.9 Å². The molecule has 1 aromatic carbocycles. The van der Waals surface area contributed by atoms with Crippen LogP contribution in [0.1, 0.15) is 13.8 Å². The second-order valence-electron chi connectivity index (χ2n) is 5.13. The van der Waals surface area contributed by atoms with Gasteiger partial charge in [0.1, 0.15) is 0 Å². The van der Waals surface area contributed by atoms with E-state index < -0.39 is 10.0 Å². The summed E-state index contributed by atoms with van der Waals surface area (Å²) in [7, 11) is -1.88. The van der Waals surface area contributed by atoms with Crippen LogP contribution < -0.4 is 15.4 Å². The summed E-state index contributed by atoms with van der Waals surface area (Å²) in [5, 5.41) is 6.58. The lowest BCUT2D eigenvalue weighted by Gasteiger charge is -2.13. The van der Waals surface area contributed by atoms with E-state index in [-0.39, 0.29) is 35.4 Å². The van der Waals surface area contributed by atoms with Crippen molar-refractivity contribution < 1.29 is 8.42 Å². The molecule has 0 bridgehead atoms. The molecule has 3 N–H and O–H groups in total. The number of rotatable bonds is 7. The number of halogens is 2. The van der Waals surface area contributed by atoms with E-state index in [4.69, 9.17) is 11.6 Å². The van der Waals surface area contributed by atoms with Gasteiger partial charge >= 0.3 is 0 Å². The second kappa shape index (κ2) is 11.1. The molecule has 0 radical (unpaired) electrons. The van der Waals surface area contributed by atoms with Gasteiger partial charge in [0.2, 0.25) is 10.0 Å². The van der Waals surface area contributed by atoms with Crippen LogP contribution in [0.5, 0.6) is 0 Å². The van der Waals surface area contributed by atoms with E-state index in [1.165, 1.54) is 12.1 Å². The molecule has 0 fully saturated rings. The smallest absolute Gasteiger partial charge is 0.240 e. The van der Waals surface area contributed by atoms with Crippen molar-refractivity contribution in [3.8, 4) is 0 Å². The zero-order valence-corrected chi connectivity index (χ0v) is 17.4. The Labute approximate surface area is 160 Å². The molecule has 0 unspecified atom stereocenters. The van der Waals surface area contributed by atoms with Gasteiger partial charge in [-0.25, -0.2) is 13.1 Å². The molecule has 0 amide bonds. The molecule has 0 saturated carbocycles. The SMILES string of the molecule is CN=C(NCCNS(=O)(=O)c1cccc(Cl)c1)NCC(C)C.I. The first-order valence-corrected chi connectivity index (χ1v) is 8.91. The molecule has 6 nitrogen and oxygen atoms in total. The van der Waals surface area contributed by atoms with Crippen molar-refractivity contribution in [2.45, 2.75) is 18.7 Å². The zero-order chi connectivity index (χ0) is 16.6. The van der Waals surface area contributed by atoms with Gasteiger partial charge in [0.25, 0.3) is 0 Å². The number of hydrogen-bond acceptors (Lipinski definition) is 3. The standard InChI is InChI=1S/C14H23ClN4O2S.HI/c1-11(2)10-18-14(16-3)17-7-8-19-22(20,21)13-6-4-5-12(15)9-13;/h4-6,9,11,19H,7-8,10H2,1-3H3,(H2,16,17,18);1H. The summed E-state index contributed by atoms with van der Waals surface area (Å²) in [5.41, 5.74) is 0. The molecule has 23 heavy (non-hydrogen) atoms. The molecule has 0 aliphatic carbocycles. The highest BCUT2D eigenvalue weighted by molar-refractivity contribution is 14.0. The third kappa shape index (κ3) is 8.73. The molecule has 9 heteroatoms. The number of hydrogen-bond donors (Lipinski definition) is 3. The lowest BCUT2D eigenvalue weighted by atomic mass is 10.2. The van der Waals surface area contributed by atoms with E-state index in [9.17, 15) is 8.42 Å². The second-order valence-corrected chi connectivity index (χ2v) is 7.33. The fraction of sp³-hybridized carbons (Fsp3) is 0.500.